The lowest BCUT2D eigenvalue weighted by Crippen LogP contribution is -2.05. The number of carboxylic acid groups (broad SMARTS) is 1. The van der Waals surface area contributed by atoms with Crippen LogP contribution in [-0.4, -0.2) is 35.1 Å². The molecule has 1 aromatic heterocycles. The smallest absolute Gasteiger partial charge is 0.307 e. The Labute approximate surface area is 197 Å². The van der Waals surface area contributed by atoms with Gasteiger partial charge in [-0.2, -0.15) is 5.10 Å². The molecule has 0 fully saturated rings. The average molecular weight is 463 g/mol. The van der Waals surface area contributed by atoms with Crippen molar-refractivity contribution in [2.24, 2.45) is 0 Å². The van der Waals surface area contributed by atoms with Gasteiger partial charge in [0.05, 0.1) is 38.6 Å². The van der Waals surface area contributed by atoms with E-state index in [1.54, 1.807) is 26.4 Å². The zero-order chi connectivity index (χ0) is 23.4. The predicted molar refractivity (Wildman–Crippen MR) is 128 cm³/mol. The maximum absolute atomic E-state index is 11.2. The van der Waals surface area contributed by atoms with Gasteiger partial charge in [-0.15, -0.1) is 0 Å². The summed E-state index contributed by atoms with van der Waals surface area (Å²) in [6, 6.07) is 22.7. The van der Waals surface area contributed by atoms with E-state index in [4.69, 9.17) is 26.2 Å². The maximum atomic E-state index is 11.2. The summed E-state index contributed by atoms with van der Waals surface area (Å²) >= 11 is 6.10. The van der Waals surface area contributed by atoms with Crippen LogP contribution in [0.4, 0.5) is 0 Å². The molecule has 4 rings (SSSR count). The quantitative estimate of drug-likeness (QED) is 0.371. The molecule has 6 nitrogen and oxygen atoms in total. The van der Waals surface area contributed by atoms with Crippen LogP contribution in [-0.2, 0) is 17.8 Å². The number of ether oxygens (including phenoxy) is 2. The number of hydrogen-bond donors (Lipinski definition) is 1. The molecule has 168 valence electrons. The minimum Gasteiger partial charge on any atom is -0.496 e. The number of halogens is 1. The molecule has 3 aromatic carbocycles. The van der Waals surface area contributed by atoms with Gasteiger partial charge in [0.15, 0.2) is 0 Å². The summed E-state index contributed by atoms with van der Waals surface area (Å²) < 4.78 is 13.0. The topological polar surface area (TPSA) is 73.6 Å². The summed E-state index contributed by atoms with van der Waals surface area (Å²) in [5, 5.41) is 14.7. The Morgan fingerprint density at radius 3 is 2.39 bits per heavy atom. The molecule has 0 radical (unpaired) electrons. The Morgan fingerprint density at radius 1 is 0.970 bits per heavy atom. The van der Waals surface area contributed by atoms with Crippen molar-refractivity contribution in [1.82, 2.24) is 9.78 Å². The number of aromatic nitrogens is 2. The fourth-order valence-electron chi connectivity index (χ4n) is 3.76. The number of rotatable bonds is 8. The molecule has 0 amide bonds. The third kappa shape index (κ3) is 5.02. The maximum Gasteiger partial charge on any atom is 0.307 e. The highest BCUT2D eigenvalue weighted by molar-refractivity contribution is 6.30. The summed E-state index contributed by atoms with van der Waals surface area (Å²) in [4.78, 5) is 11.2. The fraction of sp³-hybridized carbons (Fsp3) is 0.154. The summed E-state index contributed by atoms with van der Waals surface area (Å²) in [6.45, 7) is 0.485. The van der Waals surface area contributed by atoms with Crippen LogP contribution in [0.2, 0.25) is 5.02 Å². The molecule has 0 aliphatic rings. The van der Waals surface area contributed by atoms with Crippen molar-refractivity contribution in [2.75, 3.05) is 14.2 Å². The average Bonchev–Trinajstić information content (AvgIpc) is 3.23. The minimum absolute atomic E-state index is 0.0804. The van der Waals surface area contributed by atoms with Crippen LogP contribution in [0.3, 0.4) is 0 Å². The SMILES string of the molecule is COc1ccccc1Cn1nc(-c2cc(CC(=O)O)ccc2OC)cc1-c1ccc(Cl)cc1. The van der Waals surface area contributed by atoms with Crippen molar-refractivity contribution in [2.45, 2.75) is 13.0 Å². The number of carboxylic acids is 1. The number of hydrogen-bond acceptors (Lipinski definition) is 4. The predicted octanol–water partition coefficient (Wildman–Crippen LogP) is 5.56. The van der Waals surface area contributed by atoms with Gasteiger partial charge < -0.3 is 14.6 Å². The van der Waals surface area contributed by atoms with Crippen molar-refractivity contribution in [3.63, 3.8) is 0 Å². The molecule has 33 heavy (non-hydrogen) atoms. The number of carbonyl (C=O) groups is 1. The first-order valence-corrected chi connectivity index (χ1v) is 10.7. The largest absolute Gasteiger partial charge is 0.496 e. The van der Waals surface area contributed by atoms with Gasteiger partial charge in [0.1, 0.15) is 11.5 Å². The Hall–Kier alpha value is -3.77. The molecule has 7 heteroatoms. The Bertz CT molecular complexity index is 1280. The molecule has 0 aliphatic carbocycles. The van der Waals surface area contributed by atoms with Crippen LogP contribution >= 0.6 is 11.6 Å². The van der Waals surface area contributed by atoms with Crippen molar-refractivity contribution in [3.05, 3.63) is 88.9 Å². The lowest BCUT2D eigenvalue weighted by atomic mass is 10.0. The highest BCUT2D eigenvalue weighted by Gasteiger charge is 2.17. The first kappa shape index (κ1) is 22.4. The van der Waals surface area contributed by atoms with Gasteiger partial charge in [-0.1, -0.05) is 48.0 Å². The van der Waals surface area contributed by atoms with Gasteiger partial charge >= 0.3 is 5.97 Å². The molecule has 0 spiro atoms. The van der Waals surface area contributed by atoms with Crippen LogP contribution < -0.4 is 9.47 Å². The molecule has 0 bridgehead atoms. The number of aliphatic carboxylic acids is 1. The van der Waals surface area contributed by atoms with E-state index >= 15 is 0 Å². The Morgan fingerprint density at radius 2 is 1.70 bits per heavy atom. The van der Waals surface area contributed by atoms with Crippen LogP contribution in [0.5, 0.6) is 11.5 Å². The highest BCUT2D eigenvalue weighted by atomic mass is 35.5. The zero-order valence-corrected chi connectivity index (χ0v) is 19.0. The third-order valence-corrected chi connectivity index (χ3v) is 5.58. The van der Waals surface area contributed by atoms with E-state index in [2.05, 4.69) is 0 Å². The first-order valence-electron chi connectivity index (χ1n) is 10.3. The number of nitrogens with zero attached hydrogens (tertiary/aromatic N) is 2. The van der Waals surface area contributed by atoms with Crippen molar-refractivity contribution >= 4 is 17.6 Å². The van der Waals surface area contributed by atoms with E-state index in [1.807, 2.05) is 65.3 Å². The second-order valence-electron chi connectivity index (χ2n) is 7.50. The van der Waals surface area contributed by atoms with Gasteiger partial charge in [-0.05, 0) is 47.5 Å². The fourth-order valence-corrected chi connectivity index (χ4v) is 3.88. The molecular weight excluding hydrogens is 440 g/mol. The van der Waals surface area contributed by atoms with Gasteiger partial charge in [0, 0.05) is 16.1 Å². The first-order chi connectivity index (χ1) is 16.0. The van der Waals surface area contributed by atoms with E-state index in [1.165, 1.54) is 0 Å². The summed E-state index contributed by atoms with van der Waals surface area (Å²) in [5.74, 6) is 0.501. The van der Waals surface area contributed by atoms with E-state index in [0.29, 0.717) is 28.6 Å². The van der Waals surface area contributed by atoms with Gasteiger partial charge in [0.25, 0.3) is 0 Å². The van der Waals surface area contributed by atoms with Crippen LogP contribution in [0, 0.1) is 0 Å². The normalized spacial score (nSPS) is 10.8. The van der Waals surface area contributed by atoms with E-state index < -0.39 is 5.97 Å². The van der Waals surface area contributed by atoms with Crippen molar-refractivity contribution in [3.8, 4) is 34.0 Å². The van der Waals surface area contributed by atoms with Crippen molar-refractivity contribution in [1.29, 1.82) is 0 Å². The van der Waals surface area contributed by atoms with Crippen LogP contribution in [0.1, 0.15) is 11.1 Å². The van der Waals surface area contributed by atoms with E-state index in [0.717, 1.165) is 28.1 Å². The van der Waals surface area contributed by atoms with Gasteiger partial charge in [-0.25, -0.2) is 0 Å². The standard InChI is InChI=1S/C26H23ClN2O4/c1-32-24-6-4-3-5-19(24)16-29-23(18-8-10-20(27)11-9-18)15-22(28-29)21-13-17(14-26(30)31)7-12-25(21)33-2/h3-13,15H,14,16H2,1-2H3,(H,30,31). The molecule has 0 unspecified atom stereocenters. The number of methoxy groups -OCH3 is 2. The molecule has 1 heterocycles. The molecule has 0 atom stereocenters. The number of para-hydroxylation sites is 1. The Kier molecular flexibility index (Phi) is 6.66. The van der Waals surface area contributed by atoms with Crippen LogP contribution in [0.25, 0.3) is 22.5 Å². The lowest BCUT2D eigenvalue weighted by molar-refractivity contribution is -0.136. The minimum atomic E-state index is -0.894. The molecule has 0 saturated heterocycles. The summed E-state index contributed by atoms with van der Waals surface area (Å²) in [5.41, 5.74) is 4.90. The summed E-state index contributed by atoms with van der Waals surface area (Å²) in [7, 11) is 3.23. The second-order valence-corrected chi connectivity index (χ2v) is 7.93. The molecule has 4 aromatic rings. The highest BCUT2D eigenvalue weighted by Crippen LogP contribution is 2.34. The molecule has 0 aliphatic heterocycles. The van der Waals surface area contributed by atoms with Gasteiger partial charge in [0.2, 0.25) is 0 Å². The van der Waals surface area contributed by atoms with Crippen LogP contribution in [0.15, 0.2) is 72.8 Å². The monoisotopic (exact) mass is 462 g/mol. The zero-order valence-electron chi connectivity index (χ0n) is 18.3. The second kappa shape index (κ2) is 9.79. The Balaban J connectivity index is 1.85. The van der Waals surface area contributed by atoms with Crippen molar-refractivity contribution < 1.29 is 19.4 Å². The third-order valence-electron chi connectivity index (χ3n) is 5.33. The van der Waals surface area contributed by atoms with Gasteiger partial charge in [-0.3, -0.25) is 9.48 Å². The van der Waals surface area contributed by atoms with E-state index in [-0.39, 0.29) is 6.42 Å². The molecular formula is C26H23ClN2O4. The van der Waals surface area contributed by atoms with E-state index in [9.17, 15) is 9.90 Å². The number of benzene rings is 3. The molecule has 0 saturated carbocycles. The molecule has 1 N–H and O–H groups in total. The summed E-state index contributed by atoms with van der Waals surface area (Å²) in [6.07, 6.45) is -0.0804. The lowest BCUT2D eigenvalue weighted by Gasteiger charge is -2.11.